The molecular weight excluding hydrogens is 335 g/mol. The number of nitrogens with one attached hydrogen (secondary N) is 1. The minimum Gasteiger partial charge on any atom is -0.493 e. The summed E-state index contributed by atoms with van der Waals surface area (Å²) in [4.78, 5) is 11.9. The molecule has 0 heterocycles. The van der Waals surface area contributed by atoms with Gasteiger partial charge in [-0.15, -0.1) is 0 Å². The molecule has 2 aromatic rings. The number of hydrogen-bond donors (Lipinski definition) is 1. The van der Waals surface area contributed by atoms with E-state index in [-0.39, 0.29) is 22.7 Å². The number of alkyl halides is 2. The van der Waals surface area contributed by atoms with Gasteiger partial charge in [0.25, 0.3) is 0 Å². The van der Waals surface area contributed by atoms with Gasteiger partial charge in [0.2, 0.25) is 5.91 Å². The summed E-state index contributed by atoms with van der Waals surface area (Å²) in [6.45, 7) is -1.43. The number of benzene rings is 2. The van der Waals surface area contributed by atoms with Crippen LogP contribution in [0.5, 0.6) is 11.5 Å². The van der Waals surface area contributed by atoms with Crippen molar-refractivity contribution in [2.24, 2.45) is 0 Å². The fraction of sp³-hybridized carbons (Fsp3) is 0.167. The minimum atomic E-state index is -3.03. The molecule has 2 rings (SSSR count). The number of aryl methyl sites for hydroxylation is 1. The molecule has 0 radical (unpaired) electrons. The molecule has 0 bridgehead atoms. The van der Waals surface area contributed by atoms with Crippen LogP contribution < -0.4 is 14.8 Å². The van der Waals surface area contributed by atoms with Crippen LogP contribution in [0.1, 0.15) is 11.1 Å². The summed E-state index contributed by atoms with van der Waals surface area (Å²) in [7, 11) is 1.32. The van der Waals surface area contributed by atoms with Crippen molar-refractivity contribution < 1.29 is 27.4 Å². The molecule has 1 amide bonds. The number of rotatable bonds is 6. The van der Waals surface area contributed by atoms with E-state index in [1.54, 1.807) is 19.1 Å². The summed E-state index contributed by atoms with van der Waals surface area (Å²) in [6.07, 6.45) is 2.44. The van der Waals surface area contributed by atoms with E-state index in [4.69, 9.17) is 4.74 Å². The number of para-hydroxylation sites is 1. The molecule has 0 aliphatic rings. The summed E-state index contributed by atoms with van der Waals surface area (Å²) in [5.41, 5.74) is 0.982. The van der Waals surface area contributed by atoms with Gasteiger partial charge in [-0.2, -0.15) is 8.78 Å². The van der Waals surface area contributed by atoms with E-state index >= 15 is 0 Å². The van der Waals surface area contributed by atoms with E-state index in [0.29, 0.717) is 5.56 Å². The van der Waals surface area contributed by atoms with Gasteiger partial charge in [-0.05, 0) is 36.8 Å². The Kier molecular flexibility index (Phi) is 6.05. The molecular formula is C18H16F3NO3. The molecule has 0 fully saturated rings. The van der Waals surface area contributed by atoms with Gasteiger partial charge in [-0.25, -0.2) is 4.39 Å². The van der Waals surface area contributed by atoms with E-state index in [9.17, 15) is 18.0 Å². The van der Waals surface area contributed by atoms with Gasteiger partial charge in [0.15, 0.2) is 11.5 Å². The lowest BCUT2D eigenvalue weighted by atomic mass is 10.1. The Hall–Kier alpha value is -2.96. The van der Waals surface area contributed by atoms with E-state index < -0.39 is 18.3 Å². The number of halogens is 3. The van der Waals surface area contributed by atoms with Gasteiger partial charge >= 0.3 is 6.61 Å². The Labute approximate surface area is 142 Å². The number of amides is 1. The molecule has 25 heavy (non-hydrogen) atoms. The Morgan fingerprint density at radius 2 is 2.00 bits per heavy atom. The number of ether oxygens (including phenoxy) is 2. The molecule has 7 heteroatoms. The molecule has 2 aromatic carbocycles. The molecule has 0 aliphatic heterocycles. The predicted octanol–water partition coefficient (Wildman–Crippen LogP) is 4.40. The number of methoxy groups -OCH3 is 1. The van der Waals surface area contributed by atoms with E-state index in [1.807, 2.05) is 0 Å². The first-order valence-corrected chi connectivity index (χ1v) is 7.27. The Balaban J connectivity index is 2.17. The third kappa shape index (κ3) is 5.00. The van der Waals surface area contributed by atoms with Gasteiger partial charge in [-0.1, -0.05) is 18.2 Å². The van der Waals surface area contributed by atoms with Crippen molar-refractivity contribution in [2.45, 2.75) is 13.5 Å². The van der Waals surface area contributed by atoms with Crippen molar-refractivity contribution in [1.29, 1.82) is 0 Å². The average Bonchev–Trinajstić information content (AvgIpc) is 2.56. The monoisotopic (exact) mass is 351 g/mol. The van der Waals surface area contributed by atoms with Crippen molar-refractivity contribution in [2.75, 3.05) is 12.4 Å². The zero-order valence-corrected chi connectivity index (χ0v) is 13.6. The van der Waals surface area contributed by atoms with Crippen molar-refractivity contribution in [3.63, 3.8) is 0 Å². The van der Waals surface area contributed by atoms with Crippen molar-refractivity contribution in [1.82, 2.24) is 0 Å². The van der Waals surface area contributed by atoms with Crippen LogP contribution in [-0.2, 0) is 4.79 Å². The van der Waals surface area contributed by atoms with Crippen LogP contribution in [0, 0.1) is 12.7 Å². The highest BCUT2D eigenvalue weighted by molar-refractivity contribution is 6.02. The van der Waals surface area contributed by atoms with Gasteiger partial charge in [-0.3, -0.25) is 4.79 Å². The second-order valence-electron chi connectivity index (χ2n) is 5.04. The van der Waals surface area contributed by atoms with Crippen LogP contribution in [0.2, 0.25) is 0 Å². The predicted molar refractivity (Wildman–Crippen MR) is 88.4 cm³/mol. The number of carbonyl (C=O) groups is 1. The first-order valence-electron chi connectivity index (χ1n) is 7.27. The quantitative estimate of drug-likeness (QED) is 0.785. The Bertz CT molecular complexity index is 791. The lowest BCUT2D eigenvalue weighted by molar-refractivity contribution is -0.111. The zero-order chi connectivity index (χ0) is 18.4. The molecule has 0 aromatic heterocycles. The molecule has 0 spiro atoms. The van der Waals surface area contributed by atoms with Gasteiger partial charge in [0.05, 0.1) is 7.11 Å². The smallest absolute Gasteiger partial charge is 0.387 e. The van der Waals surface area contributed by atoms with Crippen LogP contribution in [0.25, 0.3) is 6.08 Å². The molecule has 0 saturated heterocycles. The van der Waals surface area contributed by atoms with Crippen molar-refractivity contribution in [3.05, 3.63) is 59.4 Å². The maximum absolute atomic E-state index is 13.5. The number of anilines is 1. The largest absolute Gasteiger partial charge is 0.493 e. The van der Waals surface area contributed by atoms with Gasteiger partial charge < -0.3 is 14.8 Å². The standard InChI is InChI=1S/C18H16F3NO3/c1-11-6-8-13(10-14(11)19)22-16(23)9-7-12-4-3-5-15(24-2)17(12)25-18(20)21/h3-10,18H,1-2H3,(H,22,23)/b9-7+. The third-order valence-corrected chi connectivity index (χ3v) is 3.29. The number of hydrogen-bond acceptors (Lipinski definition) is 3. The van der Waals surface area contributed by atoms with Gasteiger partial charge in [0.1, 0.15) is 5.82 Å². The third-order valence-electron chi connectivity index (χ3n) is 3.29. The molecule has 0 atom stereocenters. The molecule has 1 N–H and O–H groups in total. The highest BCUT2D eigenvalue weighted by Crippen LogP contribution is 2.33. The van der Waals surface area contributed by atoms with E-state index in [1.165, 1.54) is 37.5 Å². The molecule has 0 aliphatic carbocycles. The van der Waals surface area contributed by atoms with E-state index in [2.05, 4.69) is 10.1 Å². The second-order valence-corrected chi connectivity index (χ2v) is 5.04. The normalized spacial score (nSPS) is 11.0. The molecule has 0 saturated carbocycles. The van der Waals surface area contributed by atoms with Crippen LogP contribution in [0.15, 0.2) is 42.5 Å². The van der Waals surface area contributed by atoms with Crippen LogP contribution in [0.4, 0.5) is 18.9 Å². The van der Waals surface area contributed by atoms with Crippen molar-refractivity contribution >= 4 is 17.7 Å². The van der Waals surface area contributed by atoms with Crippen LogP contribution in [-0.4, -0.2) is 19.6 Å². The Morgan fingerprint density at radius 3 is 2.64 bits per heavy atom. The second kappa shape index (κ2) is 8.23. The summed E-state index contributed by atoms with van der Waals surface area (Å²) >= 11 is 0. The molecule has 0 unspecified atom stereocenters. The molecule has 132 valence electrons. The zero-order valence-electron chi connectivity index (χ0n) is 13.6. The molecule has 4 nitrogen and oxygen atoms in total. The summed E-state index contributed by atoms with van der Waals surface area (Å²) in [6, 6.07) is 8.81. The average molecular weight is 351 g/mol. The van der Waals surface area contributed by atoms with Gasteiger partial charge in [0, 0.05) is 17.3 Å². The maximum atomic E-state index is 13.5. The maximum Gasteiger partial charge on any atom is 0.387 e. The minimum absolute atomic E-state index is 0.114. The highest BCUT2D eigenvalue weighted by Gasteiger charge is 2.14. The highest BCUT2D eigenvalue weighted by atomic mass is 19.3. The lowest BCUT2D eigenvalue weighted by Gasteiger charge is -2.12. The topological polar surface area (TPSA) is 47.6 Å². The SMILES string of the molecule is COc1cccc(/C=C/C(=O)Nc2ccc(C)c(F)c2)c1OC(F)F. The Morgan fingerprint density at radius 1 is 1.24 bits per heavy atom. The fourth-order valence-electron chi connectivity index (χ4n) is 2.06. The first-order chi connectivity index (χ1) is 11.9. The summed E-state index contributed by atoms with van der Waals surface area (Å²) in [5.74, 6) is -1.05. The van der Waals surface area contributed by atoms with Crippen LogP contribution >= 0.6 is 0 Å². The fourth-order valence-corrected chi connectivity index (χ4v) is 2.06. The van der Waals surface area contributed by atoms with Crippen LogP contribution in [0.3, 0.4) is 0 Å². The first kappa shape index (κ1) is 18.4. The number of carbonyl (C=O) groups excluding carboxylic acids is 1. The van der Waals surface area contributed by atoms with Crippen molar-refractivity contribution in [3.8, 4) is 11.5 Å². The summed E-state index contributed by atoms with van der Waals surface area (Å²) < 4.78 is 48.0. The van der Waals surface area contributed by atoms with E-state index in [0.717, 1.165) is 6.08 Å². The lowest BCUT2D eigenvalue weighted by Crippen LogP contribution is -2.08. The summed E-state index contributed by atoms with van der Waals surface area (Å²) in [5, 5.41) is 2.48.